The lowest BCUT2D eigenvalue weighted by Crippen LogP contribution is -2.40. The number of guanidine groups is 1. The third kappa shape index (κ3) is 9.72. The van der Waals surface area contributed by atoms with Crippen LogP contribution in [0.25, 0.3) is 0 Å². The van der Waals surface area contributed by atoms with Gasteiger partial charge in [-0.25, -0.2) is 0 Å². The van der Waals surface area contributed by atoms with Gasteiger partial charge in [0.15, 0.2) is 5.96 Å². The predicted molar refractivity (Wildman–Crippen MR) is 90.9 cm³/mol. The van der Waals surface area contributed by atoms with E-state index in [-0.39, 0.29) is 0 Å². The third-order valence-corrected chi connectivity index (χ3v) is 4.22. The maximum absolute atomic E-state index is 5.34. The standard InChI is InChI=1S/C17H35N3O/c1-3-21-14-10-9-13-19-17(18-2)20-15-16-11-7-5-4-6-8-12-16/h16H,3-15H2,1-2H3,(H2,18,19,20). The van der Waals surface area contributed by atoms with Crippen LogP contribution >= 0.6 is 0 Å². The summed E-state index contributed by atoms with van der Waals surface area (Å²) in [6.45, 7) is 5.76. The monoisotopic (exact) mass is 297 g/mol. The van der Waals surface area contributed by atoms with E-state index in [0.29, 0.717) is 0 Å². The fourth-order valence-electron chi connectivity index (χ4n) is 2.89. The highest BCUT2D eigenvalue weighted by atomic mass is 16.5. The van der Waals surface area contributed by atoms with Gasteiger partial charge in [-0.1, -0.05) is 32.1 Å². The normalized spacial score (nSPS) is 18.1. The van der Waals surface area contributed by atoms with Gasteiger partial charge >= 0.3 is 0 Å². The number of aliphatic imine (C=N–C) groups is 1. The molecular weight excluding hydrogens is 262 g/mol. The Balaban J connectivity index is 2.09. The minimum atomic E-state index is 0.818. The lowest BCUT2D eigenvalue weighted by atomic mass is 9.91. The summed E-state index contributed by atoms with van der Waals surface area (Å²) in [5.74, 6) is 1.77. The van der Waals surface area contributed by atoms with Gasteiger partial charge in [0.2, 0.25) is 0 Å². The Hall–Kier alpha value is -0.770. The maximum atomic E-state index is 5.34. The highest BCUT2D eigenvalue weighted by Crippen LogP contribution is 2.21. The van der Waals surface area contributed by atoms with E-state index < -0.39 is 0 Å². The van der Waals surface area contributed by atoms with Crippen LogP contribution in [0.1, 0.15) is 64.7 Å². The number of nitrogens with one attached hydrogen (secondary N) is 2. The molecule has 1 rings (SSSR count). The van der Waals surface area contributed by atoms with E-state index in [1.807, 2.05) is 14.0 Å². The Kier molecular flexibility index (Phi) is 11.3. The molecule has 2 N–H and O–H groups in total. The van der Waals surface area contributed by atoms with Crippen molar-refractivity contribution in [3.05, 3.63) is 0 Å². The maximum Gasteiger partial charge on any atom is 0.190 e. The lowest BCUT2D eigenvalue weighted by molar-refractivity contribution is 0.143. The van der Waals surface area contributed by atoms with Crippen molar-refractivity contribution in [2.75, 3.05) is 33.4 Å². The highest BCUT2D eigenvalue weighted by Gasteiger charge is 2.11. The van der Waals surface area contributed by atoms with Gasteiger partial charge in [0.05, 0.1) is 0 Å². The zero-order valence-electron chi connectivity index (χ0n) is 14.1. The Morgan fingerprint density at radius 2 is 1.76 bits per heavy atom. The van der Waals surface area contributed by atoms with Crippen LogP contribution in [0.2, 0.25) is 0 Å². The molecule has 0 aromatic carbocycles. The summed E-state index contributed by atoms with van der Waals surface area (Å²) < 4.78 is 5.34. The molecular formula is C17H35N3O. The van der Waals surface area contributed by atoms with Crippen LogP contribution in [0.15, 0.2) is 4.99 Å². The van der Waals surface area contributed by atoms with Gasteiger partial charge in [-0.05, 0) is 38.5 Å². The number of unbranched alkanes of at least 4 members (excludes halogenated alkanes) is 1. The molecule has 0 radical (unpaired) electrons. The fourth-order valence-corrected chi connectivity index (χ4v) is 2.89. The first kappa shape index (κ1) is 18.3. The molecule has 0 aliphatic heterocycles. The van der Waals surface area contributed by atoms with Crippen molar-refractivity contribution in [1.82, 2.24) is 10.6 Å². The van der Waals surface area contributed by atoms with E-state index in [9.17, 15) is 0 Å². The summed E-state index contributed by atoms with van der Waals surface area (Å²) in [7, 11) is 1.85. The Labute approximate surface area is 131 Å². The van der Waals surface area contributed by atoms with Gasteiger partial charge in [0.25, 0.3) is 0 Å². The minimum Gasteiger partial charge on any atom is -0.382 e. The van der Waals surface area contributed by atoms with E-state index in [0.717, 1.165) is 51.0 Å². The van der Waals surface area contributed by atoms with Gasteiger partial charge < -0.3 is 15.4 Å². The van der Waals surface area contributed by atoms with Gasteiger partial charge in [0.1, 0.15) is 0 Å². The van der Waals surface area contributed by atoms with E-state index in [1.165, 1.54) is 44.9 Å². The quantitative estimate of drug-likeness (QED) is 0.410. The van der Waals surface area contributed by atoms with Crippen molar-refractivity contribution in [3.63, 3.8) is 0 Å². The first-order valence-corrected chi connectivity index (χ1v) is 8.89. The van der Waals surface area contributed by atoms with Crippen LogP contribution in [-0.2, 0) is 4.74 Å². The molecule has 1 fully saturated rings. The molecule has 0 bridgehead atoms. The third-order valence-electron chi connectivity index (χ3n) is 4.22. The van der Waals surface area contributed by atoms with Gasteiger partial charge in [0, 0.05) is 33.4 Å². The Morgan fingerprint density at radius 3 is 2.43 bits per heavy atom. The SMILES string of the molecule is CCOCCCCNC(=NC)NCC1CCCCCCC1. The lowest BCUT2D eigenvalue weighted by Gasteiger charge is -2.21. The molecule has 0 saturated heterocycles. The molecule has 4 nitrogen and oxygen atoms in total. The molecule has 21 heavy (non-hydrogen) atoms. The molecule has 0 heterocycles. The summed E-state index contributed by atoms with van der Waals surface area (Å²) in [4.78, 5) is 4.31. The summed E-state index contributed by atoms with van der Waals surface area (Å²) in [6, 6.07) is 0. The summed E-state index contributed by atoms with van der Waals surface area (Å²) in [5, 5.41) is 6.89. The number of rotatable bonds is 8. The van der Waals surface area contributed by atoms with E-state index in [1.54, 1.807) is 0 Å². The fraction of sp³-hybridized carbons (Fsp3) is 0.941. The van der Waals surface area contributed by atoms with Gasteiger partial charge in [-0.3, -0.25) is 4.99 Å². The van der Waals surface area contributed by atoms with Crippen molar-refractivity contribution >= 4 is 5.96 Å². The Morgan fingerprint density at radius 1 is 1.05 bits per heavy atom. The second kappa shape index (κ2) is 12.9. The van der Waals surface area contributed by atoms with Crippen molar-refractivity contribution in [2.24, 2.45) is 10.9 Å². The van der Waals surface area contributed by atoms with Crippen LogP contribution in [-0.4, -0.2) is 39.3 Å². The highest BCUT2D eigenvalue weighted by molar-refractivity contribution is 5.79. The first-order valence-electron chi connectivity index (χ1n) is 8.89. The molecule has 0 unspecified atom stereocenters. The molecule has 0 spiro atoms. The summed E-state index contributed by atoms with van der Waals surface area (Å²) >= 11 is 0. The van der Waals surface area contributed by atoms with Crippen molar-refractivity contribution < 1.29 is 4.74 Å². The topological polar surface area (TPSA) is 45.6 Å². The summed E-state index contributed by atoms with van der Waals surface area (Å²) in [6.07, 6.45) is 12.1. The van der Waals surface area contributed by atoms with Crippen LogP contribution in [0, 0.1) is 5.92 Å². The zero-order valence-corrected chi connectivity index (χ0v) is 14.1. The molecule has 0 aromatic rings. The average Bonchev–Trinajstić information content (AvgIpc) is 2.47. The molecule has 1 saturated carbocycles. The van der Waals surface area contributed by atoms with Crippen molar-refractivity contribution in [2.45, 2.75) is 64.7 Å². The van der Waals surface area contributed by atoms with E-state index in [2.05, 4.69) is 15.6 Å². The zero-order chi connectivity index (χ0) is 15.2. The smallest absolute Gasteiger partial charge is 0.190 e. The molecule has 0 aromatic heterocycles. The second-order valence-corrected chi connectivity index (χ2v) is 6.00. The van der Waals surface area contributed by atoms with Crippen molar-refractivity contribution in [1.29, 1.82) is 0 Å². The van der Waals surface area contributed by atoms with Crippen LogP contribution in [0.4, 0.5) is 0 Å². The predicted octanol–water partition coefficient (Wildman–Crippen LogP) is 3.33. The molecule has 0 amide bonds. The second-order valence-electron chi connectivity index (χ2n) is 6.00. The average molecular weight is 297 g/mol. The van der Waals surface area contributed by atoms with Crippen LogP contribution < -0.4 is 10.6 Å². The molecule has 124 valence electrons. The number of hydrogen-bond donors (Lipinski definition) is 2. The number of hydrogen-bond acceptors (Lipinski definition) is 2. The number of nitrogens with zero attached hydrogens (tertiary/aromatic N) is 1. The largest absolute Gasteiger partial charge is 0.382 e. The molecule has 1 aliphatic rings. The minimum absolute atomic E-state index is 0.818. The van der Waals surface area contributed by atoms with E-state index in [4.69, 9.17) is 4.74 Å². The van der Waals surface area contributed by atoms with Gasteiger partial charge in [-0.15, -0.1) is 0 Å². The van der Waals surface area contributed by atoms with Crippen molar-refractivity contribution in [3.8, 4) is 0 Å². The van der Waals surface area contributed by atoms with Gasteiger partial charge in [-0.2, -0.15) is 0 Å². The number of ether oxygens (including phenoxy) is 1. The van der Waals surface area contributed by atoms with Crippen LogP contribution in [0.5, 0.6) is 0 Å². The van der Waals surface area contributed by atoms with Crippen LogP contribution in [0.3, 0.4) is 0 Å². The molecule has 1 aliphatic carbocycles. The molecule has 0 atom stereocenters. The first-order chi connectivity index (χ1) is 10.4. The summed E-state index contributed by atoms with van der Waals surface area (Å²) in [5.41, 5.74) is 0. The molecule has 4 heteroatoms. The van der Waals surface area contributed by atoms with E-state index >= 15 is 0 Å². The Bertz CT molecular complexity index is 261.